The van der Waals surface area contributed by atoms with Gasteiger partial charge in [-0.25, -0.2) is 9.37 Å². The Hall–Kier alpha value is -1.65. The van der Waals surface area contributed by atoms with Crippen LogP contribution in [-0.4, -0.2) is 4.98 Å². The van der Waals surface area contributed by atoms with E-state index in [0.717, 1.165) is 21.5 Å². The summed E-state index contributed by atoms with van der Waals surface area (Å²) >= 11 is 7.42. The van der Waals surface area contributed by atoms with E-state index in [-0.39, 0.29) is 5.82 Å². The van der Waals surface area contributed by atoms with Crippen molar-refractivity contribution >= 4 is 38.8 Å². The lowest BCUT2D eigenvalue weighted by Gasteiger charge is -2.07. The van der Waals surface area contributed by atoms with Crippen LogP contribution in [0.5, 0.6) is 0 Å². The molecule has 0 aliphatic heterocycles. The molecule has 0 aliphatic carbocycles. The van der Waals surface area contributed by atoms with Crippen molar-refractivity contribution in [3.05, 3.63) is 58.3 Å². The van der Waals surface area contributed by atoms with E-state index in [2.05, 4.69) is 10.3 Å². The minimum Gasteiger partial charge on any atom is -0.381 e. The normalized spacial score (nSPS) is 10.8. The maximum Gasteiger partial charge on any atom is 0.125 e. The zero-order valence-electron chi connectivity index (χ0n) is 9.86. The van der Waals surface area contributed by atoms with Gasteiger partial charge in [-0.05, 0) is 42.0 Å². The molecule has 0 amide bonds. The molecule has 0 radical (unpaired) electrons. The molecule has 3 rings (SSSR count). The first-order valence-corrected chi connectivity index (χ1v) is 6.98. The first-order chi connectivity index (χ1) is 9.20. The lowest BCUT2D eigenvalue weighted by molar-refractivity contribution is 0.626. The summed E-state index contributed by atoms with van der Waals surface area (Å²) in [5, 5.41) is 3.66. The van der Waals surface area contributed by atoms with E-state index in [1.807, 2.05) is 23.7 Å². The number of anilines is 1. The quantitative estimate of drug-likeness (QED) is 0.757. The van der Waals surface area contributed by atoms with Crippen LogP contribution < -0.4 is 5.32 Å². The fourth-order valence-electron chi connectivity index (χ4n) is 1.88. The number of hydrogen-bond acceptors (Lipinski definition) is 3. The second-order valence-corrected chi connectivity index (χ2v) is 5.49. The monoisotopic (exact) mass is 292 g/mol. The lowest BCUT2D eigenvalue weighted by atomic mass is 10.2. The van der Waals surface area contributed by atoms with Crippen LogP contribution in [0.4, 0.5) is 10.1 Å². The Bertz CT molecular complexity index is 706. The average molecular weight is 293 g/mol. The molecule has 0 bridgehead atoms. The van der Waals surface area contributed by atoms with E-state index >= 15 is 0 Å². The van der Waals surface area contributed by atoms with E-state index in [9.17, 15) is 4.39 Å². The summed E-state index contributed by atoms with van der Waals surface area (Å²) in [4.78, 5) is 4.23. The highest BCUT2D eigenvalue weighted by Gasteiger charge is 2.01. The van der Waals surface area contributed by atoms with Crippen LogP contribution in [0.25, 0.3) is 10.2 Å². The number of thiazole rings is 1. The third kappa shape index (κ3) is 2.85. The van der Waals surface area contributed by atoms with Gasteiger partial charge in [-0.2, -0.15) is 0 Å². The predicted octanol–water partition coefficient (Wildman–Crippen LogP) is 4.70. The molecule has 3 aromatic rings. The second kappa shape index (κ2) is 5.15. The molecule has 1 aromatic heterocycles. The number of fused-ring (bicyclic) bond motifs is 1. The summed E-state index contributed by atoms with van der Waals surface area (Å²) in [5.41, 5.74) is 4.61. The molecule has 0 saturated carbocycles. The largest absolute Gasteiger partial charge is 0.381 e. The van der Waals surface area contributed by atoms with E-state index in [4.69, 9.17) is 11.6 Å². The molecule has 2 aromatic carbocycles. The maximum atomic E-state index is 13.2. The minimum absolute atomic E-state index is 0.317. The van der Waals surface area contributed by atoms with Crippen LogP contribution in [0.15, 0.2) is 41.9 Å². The molecule has 1 heterocycles. The van der Waals surface area contributed by atoms with E-state index in [0.29, 0.717) is 11.6 Å². The van der Waals surface area contributed by atoms with Gasteiger partial charge in [0, 0.05) is 17.3 Å². The third-order valence-electron chi connectivity index (χ3n) is 2.75. The fourth-order valence-corrected chi connectivity index (χ4v) is 2.84. The van der Waals surface area contributed by atoms with Crippen LogP contribution in [0.3, 0.4) is 0 Å². The van der Waals surface area contributed by atoms with Gasteiger partial charge in [-0.3, -0.25) is 0 Å². The van der Waals surface area contributed by atoms with Crippen molar-refractivity contribution in [3.8, 4) is 0 Å². The van der Waals surface area contributed by atoms with Gasteiger partial charge in [0.25, 0.3) is 0 Å². The Morgan fingerprint density at radius 1 is 1.21 bits per heavy atom. The Labute approximate surface area is 118 Å². The van der Waals surface area contributed by atoms with Crippen molar-refractivity contribution < 1.29 is 4.39 Å². The van der Waals surface area contributed by atoms with Gasteiger partial charge in [0.05, 0.1) is 15.7 Å². The number of aromatic nitrogens is 1. The number of nitrogens with one attached hydrogen (secondary N) is 1. The Kier molecular flexibility index (Phi) is 3.36. The van der Waals surface area contributed by atoms with E-state index < -0.39 is 0 Å². The number of hydrogen-bond donors (Lipinski definition) is 1. The van der Waals surface area contributed by atoms with Gasteiger partial charge < -0.3 is 5.32 Å². The topological polar surface area (TPSA) is 24.9 Å². The second-order valence-electron chi connectivity index (χ2n) is 4.17. The number of halogens is 2. The van der Waals surface area contributed by atoms with Crippen molar-refractivity contribution in [1.82, 2.24) is 4.98 Å². The summed E-state index contributed by atoms with van der Waals surface area (Å²) in [7, 11) is 0. The molecule has 0 unspecified atom stereocenters. The maximum absolute atomic E-state index is 13.2. The summed E-state index contributed by atoms with van der Waals surface area (Å²) in [6.07, 6.45) is 0. The fraction of sp³-hybridized carbons (Fsp3) is 0.0714. The van der Waals surface area contributed by atoms with E-state index in [1.165, 1.54) is 12.1 Å². The first-order valence-electron chi connectivity index (χ1n) is 5.73. The Morgan fingerprint density at radius 3 is 2.95 bits per heavy atom. The van der Waals surface area contributed by atoms with Crippen molar-refractivity contribution in [2.75, 3.05) is 5.32 Å². The summed E-state index contributed by atoms with van der Waals surface area (Å²) < 4.78 is 14.3. The number of nitrogens with zero attached hydrogens (tertiary/aromatic N) is 1. The van der Waals surface area contributed by atoms with Crippen molar-refractivity contribution in [3.63, 3.8) is 0 Å². The molecule has 5 heteroatoms. The van der Waals surface area contributed by atoms with E-state index in [1.54, 1.807) is 17.4 Å². The molecule has 0 aliphatic rings. The number of rotatable bonds is 3. The zero-order valence-corrected chi connectivity index (χ0v) is 11.4. The highest BCUT2D eigenvalue weighted by atomic mass is 35.5. The Balaban J connectivity index is 1.77. The molecular formula is C14H10ClFN2S. The Morgan fingerprint density at radius 2 is 2.11 bits per heavy atom. The van der Waals surface area contributed by atoms with Crippen LogP contribution in [0.1, 0.15) is 5.56 Å². The molecular weight excluding hydrogens is 283 g/mol. The SMILES string of the molecule is Fc1cc(Cl)cc(CNc2ccc3ncsc3c2)c1. The van der Waals surface area contributed by atoms with Gasteiger partial charge in [0.15, 0.2) is 0 Å². The van der Waals surface area contributed by atoms with Gasteiger partial charge in [-0.1, -0.05) is 11.6 Å². The summed E-state index contributed by atoms with van der Waals surface area (Å²) in [6, 6.07) is 10.5. The molecule has 19 heavy (non-hydrogen) atoms. The highest BCUT2D eigenvalue weighted by Crippen LogP contribution is 2.22. The first kappa shape index (κ1) is 12.4. The molecule has 0 atom stereocenters. The lowest BCUT2D eigenvalue weighted by Crippen LogP contribution is -1.99. The molecule has 0 fully saturated rings. The van der Waals surface area contributed by atoms with Crippen LogP contribution in [-0.2, 0) is 6.54 Å². The van der Waals surface area contributed by atoms with Gasteiger partial charge in [-0.15, -0.1) is 11.3 Å². The van der Waals surface area contributed by atoms with Gasteiger partial charge in [0.2, 0.25) is 0 Å². The molecule has 96 valence electrons. The number of benzene rings is 2. The summed E-state index contributed by atoms with van der Waals surface area (Å²) in [6.45, 7) is 0.530. The average Bonchev–Trinajstić information content (AvgIpc) is 2.82. The third-order valence-corrected chi connectivity index (χ3v) is 3.76. The van der Waals surface area contributed by atoms with Crippen molar-refractivity contribution in [2.24, 2.45) is 0 Å². The zero-order chi connectivity index (χ0) is 13.2. The van der Waals surface area contributed by atoms with Gasteiger partial charge >= 0.3 is 0 Å². The van der Waals surface area contributed by atoms with Crippen molar-refractivity contribution in [2.45, 2.75) is 6.54 Å². The summed E-state index contributed by atoms with van der Waals surface area (Å²) in [5.74, 6) is -0.317. The van der Waals surface area contributed by atoms with Crippen LogP contribution in [0, 0.1) is 5.82 Å². The molecule has 0 saturated heterocycles. The van der Waals surface area contributed by atoms with Crippen molar-refractivity contribution in [1.29, 1.82) is 0 Å². The standard InChI is InChI=1S/C14H10ClFN2S/c15-10-3-9(4-11(16)5-10)7-17-12-1-2-13-14(6-12)19-8-18-13/h1-6,8,17H,7H2. The molecule has 2 nitrogen and oxygen atoms in total. The van der Waals surface area contributed by atoms with Crippen LogP contribution in [0.2, 0.25) is 5.02 Å². The van der Waals surface area contributed by atoms with Crippen LogP contribution >= 0.6 is 22.9 Å². The minimum atomic E-state index is -0.317. The molecule has 0 spiro atoms. The van der Waals surface area contributed by atoms with Gasteiger partial charge in [0.1, 0.15) is 5.82 Å². The highest BCUT2D eigenvalue weighted by molar-refractivity contribution is 7.16. The predicted molar refractivity (Wildman–Crippen MR) is 78.4 cm³/mol. The smallest absolute Gasteiger partial charge is 0.125 e. The molecule has 1 N–H and O–H groups in total.